The number of sulfonamides is 1. The molecule has 1 atom stereocenters. The van der Waals surface area contributed by atoms with Crippen molar-refractivity contribution in [3.05, 3.63) is 32.9 Å². The second kappa shape index (κ2) is 5.36. The summed E-state index contributed by atoms with van der Waals surface area (Å²) in [6.45, 7) is 5.09. The van der Waals surface area contributed by atoms with Gasteiger partial charge in [-0.3, -0.25) is 10.1 Å². The summed E-state index contributed by atoms with van der Waals surface area (Å²) in [5.41, 5.74) is 6.84. The fraction of sp³-hybridized carbons (Fsp3) is 0.538. The molecular weight excluding hydrogens is 294 g/mol. The summed E-state index contributed by atoms with van der Waals surface area (Å²) in [7, 11) is -3.82. The van der Waals surface area contributed by atoms with Crippen LogP contribution in [0.2, 0.25) is 0 Å². The molecular formula is C13H19N3O4S. The first kappa shape index (κ1) is 15.9. The number of rotatable bonds is 3. The Morgan fingerprint density at radius 1 is 1.33 bits per heavy atom. The zero-order valence-corrected chi connectivity index (χ0v) is 13.1. The van der Waals surface area contributed by atoms with Gasteiger partial charge in [-0.25, -0.2) is 8.42 Å². The predicted molar refractivity (Wildman–Crippen MR) is 78.4 cm³/mol. The average Bonchev–Trinajstić information content (AvgIpc) is 2.74. The first-order valence-electron chi connectivity index (χ1n) is 6.70. The molecule has 1 heterocycles. The van der Waals surface area contributed by atoms with Gasteiger partial charge in [0, 0.05) is 17.7 Å². The summed E-state index contributed by atoms with van der Waals surface area (Å²) >= 11 is 0. The van der Waals surface area contributed by atoms with Crippen LogP contribution in [0, 0.1) is 30.9 Å². The average molecular weight is 313 g/mol. The first-order valence-corrected chi connectivity index (χ1v) is 8.14. The van der Waals surface area contributed by atoms with Crippen LogP contribution < -0.4 is 5.73 Å². The zero-order valence-electron chi connectivity index (χ0n) is 12.3. The Morgan fingerprint density at radius 2 is 1.95 bits per heavy atom. The van der Waals surface area contributed by atoms with Crippen LogP contribution in [0.5, 0.6) is 0 Å². The van der Waals surface area contributed by atoms with Crippen LogP contribution in [0.3, 0.4) is 0 Å². The van der Waals surface area contributed by atoms with Crippen LogP contribution in [0.1, 0.15) is 29.5 Å². The van der Waals surface area contributed by atoms with Gasteiger partial charge < -0.3 is 5.73 Å². The largest absolute Gasteiger partial charge is 0.315 e. The maximum atomic E-state index is 12.8. The minimum atomic E-state index is -3.82. The highest BCUT2D eigenvalue weighted by Crippen LogP contribution is 2.34. The SMILES string of the molecule is Cc1cc(C)c(S(=O)(=O)N2CCCC2N)c(C)c1[N+](=O)[O-]. The van der Waals surface area contributed by atoms with Crippen LogP contribution in [0.4, 0.5) is 5.69 Å². The summed E-state index contributed by atoms with van der Waals surface area (Å²) in [5, 5.41) is 11.2. The second-order valence-electron chi connectivity index (χ2n) is 5.40. The Bertz CT molecular complexity index is 700. The molecule has 8 heteroatoms. The van der Waals surface area contributed by atoms with Crippen LogP contribution in [-0.4, -0.2) is 30.4 Å². The van der Waals surface area contributed by atoms with Gasteiger partial charge in [0.15, 0.2) is 0 Å². The first-order chi connectivity index (χ1) is 9.67. The fourth-order valence-electron chi connectivity index (χ4n) is 3.02. The molecule has 0 spiro atoms. The molecule has 0 aliphatic carbocycles. The van der Waals surface area contributed by atoms with E-state index >= 15 is 0 Å². The quantitative estimate of drug-likeness (QED) is 0.673. The van der Waals surface area contributed by atoms with Crippen molar-refractivity contribution in [2.45, 2.75) is 44.7 Å². The van der Waals surface area contributed by atoms with Crippen molar-refractivity contribution in [3.63, 3.8) is 0 Å². The van der Waals surface area contributed by atoms with Crippen LogP contribution in [-0.2, 0) is 10.0 Å². The standard InChI is InChI=1S/C13H19N3O4S/c1-8-7-9(2)13(10(3)12(8)16(17)18)21(19,20)15-6-4-5-11(15)14/h7,11H,4-6,14H2,1-3H3. The Kier molecular flexibility index (Phi) is 4.05. The van der Waals surface area contributed by atoms with Gasteiger partial charge in [-0.1, -0.05) is 0 Å². The molecule has 7 nitrogen and oxygen atoms in total. The number of nitrogens with two attached hydrogens (primary N) is 1. The summed E-state index contributed by atoms with van der Waals surface area (Å²) < 4.78 is 26.8. The Morgan fingerprint density at radius 3 is 2.43 bits per heavy atom. The highest BCUT2D eigenvalue weighted by molar-refractivity contribution is 7.89. The van der Waals surface area contributed by atoms with Crippen molar-refractivity contribution in [2.75, 3.05) is 6.54 Å². The molecule has 2 N–H and O–H groups in total. The zero-order chi connectivity index (χ0) is 15.9. The molecule has 0 saturated carbocycles. The Balaban J connectivity index is 2.69. The smallest absolute Gasteiger partial charge is 0.276 e. The molecule has 1 fully saturated rings. The molecule has 2 rings (SSSR count). The summed E-state index contributed by atoms with van der Waals surface area (Å²) in [4.78, 5) is 10.7. The lowest BCUT2D eigenvalue weighted by Gasteiger charge is -2.23. The van der Waals surface area contributed by atoms with Crippen molar-refractivity contribution >= 4 is 15.7 Å². The van der Waals surface area contributed by atoms with Gasteiger partial charge in [-0.15, -0.1) is 0 Å². The van der Waals surface area contributed by atoms with E-state index in [1.54, 1.807) is 19.9 Å². The van der Waals surface area contributed by atoms with Gasteiger partial charge in [0.1, 0.15) is 0 Å². The number of benzene rings is 1. The molecule has 21 heavy (non-hydrogen) atoms. The molecule has 0 radical (unpaired) electrons. The monoisotopic (exact) mass is 313 g/mol. The van der Waals surface area contributed by atoms with Crippen molar-refractivity contribution < 1.29 is 13.3 Å². The van der Waals surface area contributed by atoms with E-state index in [0.29, 0.717) is 30.5 Å². The highest BCUT2D eigenvalue weighted by Gasteiger charge is 2.37. The van der Waals surface area contributed by atoms with Gasteiger partial charge in [0.05, 0.1) is 16.0 Å². The van der Waals surface area contributed by atoms with E-state index in [0.717, 1.165) is 0 Å². The topological polar surface area (TPSA) is 107 Å². The third-order valence-corrected chi connectivity index (χ3v) is 6.07. The number of nitrogens with zero attached hydrogens (tertiary/aromatic N) is 2. The molecule has 1 aliphatic rings. The number of nitro groups is 1. The Labute approximate surface area is 123 Å². The van der Waals surface area contributed by atoms with E-state index in [2.05, 4.69) is 0 Å². The van der Waals surface area contributed by atoms with E-state index in [9.17, 15) is 18.5 Å². The van der Waals surface area contributed by atoms with Crippen LogP contribution >= 0.6 is 0 Å². The maximum absolute atomic E-state index is 12.8. The third kappa shape index (κ3) is 2.54. The fourth-order valence-corrected chi connectivity index (χ4v) is 5.03. The van der Waals surface area contributed by atoms with Crippen molar-refractivity contribution in [2.24, 2.45) is 5.73 Å². The van der Waals surface area contributed by atoms with Crippen molar-refractivity contribution in [3.8, 4) is 0 Å². The number of hydrogen-bond donors (Lipinski definition) is 1. The Hall–Kier alpha value is -1.51. The minimum absolute atomic E-state index is 0.0113. The molecule has 1 aliphatic heterocycles. The van der Waals surface area contributed by atoms with Gasteiger partial charge in [0.25, 0.3) is 5.69 Å². The van der Waals surface area contributed by atoms with Gasteiger partial charge in [-0.05, 0) is 45.2 Å². The van der Waals surface area contributed by atoms with Crippen molar-refractivity contribution in [1.29, 1.82) is 0 Å². The summed E-state index contributed by atoms with van der Waals surface area (Å²) in [6.07, 6.45) is 0.742. The van der Waals surface area contributed by atoms with Crippen LogP contribution in [0.25, 0.3) is 0 Å². The summed E-state index contributed by atoms with van der Waals surface area (Å²) in [5.74, 6) is 0. The van der Waals surface area contributed by atoms with Gasteiger partial charge in [0.2, 0.25) is 10.0 Å². The van der Waals surface area contributed by atoms with E-state index in [1.807, 2.05) is 0 Å². The molecule has 1 saturated heterocycles. The lowest BCUT2D eigenvalue weighted by Crippen LogP contribution is -2.41. The highest BCUT2D eigenvalue weighted by atomic mass is 32.2. The van der Waals surface area contributed by atoms with E-state index in [-0.39, 0.29) is 16.1 Å². The third-order valence-electron chi connectivity index (χ3n) is 3.86. The molecule has 116 valence electrons. The second-order valence-corrected chi connectivity index (χ2v) is 7.22. The molecule has 0 amide bonds. The lowest BCUT2D eigenvalue weighted by molar-refractivity contribution is -0.386. The van der Waals surface area contributed by atoms with Gasteiger partial charge >= 0.3 is 0 Å². The molecule has 1 unspecified atom stereocenters. The molecule has 1 aromatic carbocycles. The van der Waals surface area contributed by atoms with E-state index in [1.165, 1.54) is 11.2 Å². The van der Waals surface area contributed by atoms with Gasteiger partial charge in [-0.2, -0.15) is 4.31 Å². The minimum Gasteiger partial charge on any atom is -0.315 e. The summed E-state index contributed by atoms with van der Waals surface area (Å²) in [6, 6.07) is 1.54. The molecule has 1 aromatic rings. The van der Waals surface area contributed by atoms with E-state index in [4.69, 9.17) is 5.73 Å². The number of aryl methyl sites for hydroxylation is 2. The van der Waals surface area contributed by atoms with Crippen molar-refractivity contribution in [1.82, 2.24) is 4.31 Å². The molecule has 0 aromatic heterocycles. The van der Waals surface area contributed by atoms with Crippen LogP contribution in [0.15, 0.2) is 11.0 Å². The molecule has 0 bridgehead atoms. The van der Waals surface area contributed by atoms with E-state index < -0.39 is 21.1 Å². The predicted octanol–water partition coefficient (Wildman–Crippen LogP) is 1.59. The number of hydrogen-bond acceptors (Lipinski definition) is 5. The maximum Gasteiger partial charge on any atom is 0.276 e. The number of nitro benzene ring substituents is 1. The normalized spacial score (nSPS) is 19.9. The lowest BCUT2D eigenvalue weighted by atomic mass is 10.1.